The van der Waals surface area contributed by atoms with Crippen LogP contribution in [0.3, 0.4) is 0 Å². The quantitative estimate of drug-likeness (QED) is 0.429. The number of benzene rings is 3. The van der Waals surface area contributed by atoms with Crippen LogP contribution in [-0.2, 0) is 0 Å². The van der Waals surface area contributed by atoms with E-state index in [4.69, 9.17) is 20.8 Å². The van der Waals surface area contributed by atoms with E-state index < -0.39 is 12.1 Å². The molecule has 0 saturated carbocycles. The SMILES string of the molecule is COc1ccc(Cl)cc1NC(=O)N[C@H](c1ccccc1)c1nnc(-c2ccccc2)o1. The molecule has 0 fully saturated rings. The zero-order chi connectivity index (χ0) is 21.6. The summed E-state index contributed by atoms with van der Waals surface area (Å²) in [6.45, 7) is 0. The maximum Gasteiger partial charge on any atom is 0.320 e. The van der Waals surface area contributed by atoms with E-state index >= 15 is 0 Å². The molecule has 0 aliphatic carbocycles. The summed E-state index contributed by atoms with van der Waals surface area (Å²) in [5.41, 5.74) is 2.02. The monoisotopic (exact) mass is 434 g/mol. The van der Waals surface area contributed by atoms with Gasteiger partial charge in [-0.1, -0.05) is 60.1 Å². The van der Waals surface area contributed by atoms with Crippen LogP contribution in [-0.4, -0.2) is 23.3 Å². The maximum atomic E-state index is 12.8. The van der Waals surface area contributed by atoms with Crippen molar-refractivity contribution >= 4 is 23.3 Å². The third-order valence-electron chi connectivity index (χ3n) is 4.53. The first-order valence-electron chi connectivity index (χ1n) is 9.49. The van der Waals surface area contributed by atoms with E-state index in [0.717, 1.165) is 11.1 Å². The van der Waals surface area contributed by atoms with Gasteiger partial charge in [0, 0.05) is 10.6 Å². The lowest BCUT2D eigenvalue weighted by atomic mass is 10.1. The first-order chi connectivity index (χ1) is 15.1. The molecule has 3 aromatic carbocycles. The van der Waals surface area contributed by atoms with E-state index in [1.165, 1.54) is 7.11 Å². The van der Waals surface area contributed by atoms with Gasteiger partial charge in [-0.05, 0) is 35.9 Å². The number of hydrogen-bond acceptors (Lipinski definition) is 5. The van der Waals surface area contributed by atoms with Gasteiger partial charge in [0.25, 0.3) is 0 Å². The van der Waals surface area contributed by atoms with E-state index in [9.17, 15) is 4.79 Å². The second-order valence-electron chi connectivity index (χ2n) is 6.60. The van der Waals surface area contributed by atoms with Gasteiger partial charge >= 0.3 is 6.03 Å². The average molecular weight is 435 g/mol. The van der Waals surface area contributed by atoms with Crippen LogP contribution in [0.15, 0.2) is 83.3 Å². The van der Waals surface area contributed by atoms with Crippen molar-refractivity contribution in [3.63, 3.8) is 0 Å². The molecular weight excluding hydrogens is 416 g/mol. The molecule has 7 nitrogen and oxygen atoms in total. The molecule has 0 spiro atoms. The van der Waals surface area contributed by atoms with Crippen LogP contribution in [0.5, 0.6) is 5.75 Å². The number of rotatable bonds is 6. The summed E-state index contributed by atoms with van der Waals surface area (Å²) in [6, 6.07) is 22.6. The number of nitrogens with one attached hydrogen (secondary N) is 2. The molecule has 1 heterocycles. The van der Waals surface area contributed by atoms with Gasteiger partial charge in [0.05, 0.1) is 12.8 Å². The van der Waals surface area contributed by atoms with Crippen molar-refractivity contribution < 1.29 is 13.9 Å². The van der Waals surface area contributed by atoms with Crippen molar-refractivity contribution in [1.29, 1.82) is 0 Å². The summed E-state index contributed by atoms with van der Waals surface area (Å²) in [4.78, 5) is 12.8. The second kappa shape index (κ2) is 9.32. The normalized spacial score (nSPS) is 11.5. The van der Waals surface area contributed by atoms with Crippen LogP contribution < -0.4 is 15.4 Å². The van der Waals surface area contributed by atoms with Gasteiger partial charge in [0.1, 0.15) is 11.8 Å². The van der Waals surface area contributed by atoms with Crippen molar-refractivity contribution in [3.8, 4) is 17.2 Å². The Morgan fingerprint density at radius 2 is 1.71 bits per heavy atom. The number of ether oxygens (including phenoxy) is 1. The van der Waals surface area contributed by atoms with Gasteiger partial charge in [-0.2, -0.15) is 0 Å². The molecule has 4 rings (SSSR count). The lowest BCUT2D eigenvalue weighted by molar-refractivity contribution is 0.248. The molecule has 1 aromatic heterocycles. The minimum atomic E-state index is -0.656. The Morgan fingerprint density at radius 1 is 1.00 bits per heavy atom. The molecule has 0 bridgehead atoms. The molecule has 0 aliphatic heterocycles. The number of carbonyl (C=O) groups excluding carboxylic acids is 1. The average Bonchev–Trinajstić information content (AvgIpc) is 3.29. The molecule has 0 radical (unpaired) electrons. The van der Waals surface area contributed by atoms with Crippen LogP contribution in [0.25, 0.3) is 11.5 Å². The number of amides is 2. The Bertz CT molecular complexity index is 1170. The summed E-state index contributed by atoms with van der Waals surface area (Å²) in [7, 11) is 1.52. The molecule has 4 aromatic rings. The number of hydrogen-bond donors (Lipinski definition) is 2. The van der Waals surface area contributed by atoms with Crippen molar-refractivity contribution in [1.82, 2.24) is 15.5 Å². The Morgan fingerprint density at radius 3 is 2.42 bits per heavy atom. The highest BCUT2D eigenvalue weighted by molar-refractivity contribution is 6.31. The summed E-state index contributed by atoms with van der Waals surface area (Å²) < 4.78 is 11.2. The van der Waals surface area contributed by atoms with Crippen molar-refractivity contribution in [2.24, 2.45) is 0 Å². The molecule has 2 N–H and O–H groups in total. The molecule has 2 amide bonds. The van der Waals surface area contributed by atoms with Crippen molar-refractivity contribution in [2.75, 3.05) is 12.4 Å². The minimum Gasteiger partial charge on any atom is -0.495 e. The maximum absolute atomic E-state index is 12.8. The van der Waals surface area contributed by atoms with Crippen LogP contribution in [0.2, 0.25) is 5.02 Å². The van der Waals surface area contributed by atoms with E-state index in [0.29, 0.717) is 22.4 Å². The number of halogens is 1. The van der Waals surface area contributed by atoms with E-state index in [1.54, 1.807) is 18.2 Å². The highest BCUT2D eigenvalue weighted by Crippen LogP contribution is 2.29. The van der Waals surface area contributed by atoms with Crippen LogP contribution in [0, 0.1) is 0 Å². The fourth-order valence-corrected chi connectivity index (χ4v) is 3.22. The number of carbonyl (C=O) groups is 1. The fourth-order valence-electron chi connectivity index (χ4n) is 3.05. The molecule has 0 aliphatic rings. The van der Waals surface area contributed by atoms with Gasteiger partial charge < -0.3 is 19.8 Å². The van der Waals surface area contributed by atoms with Crippen LogP contribution >= 0.6 is 11.6 Å². The molecule has 8 heteroatoms. The van der Waals surface area contributed by atoms with Gasteiger partial charge in [-0.15, -0.1) is 10.2 Å². The highest BCUT2D eigenvalue weighted by Gasteiger charge is 2.24. The van der Waals surface area contributed by atoms with Crippen LogP contribution in [0.4, 0.5) is 10.5 Å². The standard InChI is InChI=1S/C23H19ClN4O3/c1-30-19-13-12-17(24)14-18(19)25-23(29)26-20(15-8-4-2-5-9-15)22-28-27-21(31-22)16-10-6-3-7-11-16/h2-14,20H,1H3,(H2,25,26,29)/t20-/m1/s1. The summed E-state index contributed by atoms with van der Waals surface area (Å²) >= 11 is 6.06. The third kappa shape index (κ3) is 4.84. The van der Waals surface area contributed by atoms with Gasteiger partial charge in [0.2, 0.25) is 11.8 Å². The third-order valence-corrected chi connectivity index (χ3v) is 4.76. The van der Waals surface area contributed by atoms with Gasteiger partial charge in [-0.25, -0.2) is 4.79 Å². The number of aromatic nitrogens is 2. The molecule has 156 valence electrons. The molecular formula is C23H19ClN4O3. The van der Waals surface area contributed by atoms with Crippen LogP contribution in [0.1, 0.15) is 17.5 Å². The Kier molecular flexibility index (Phi) is 6.14. The van der Waals surface area contributed by atoms with E-state index in [2.05, 4.69) is 20.8 Å². The zero-order valence-corrected chi connectivity index (χ0v) is 17.3. The van der Waals surface area contributed by atoms with E-state index in [-0.39, 0.29) is 5.89 Å². The highest BCUT2D eigenvalue weighted by atomic mass is 35.5. The topological polar surface area (TPSA) is 89.3 Å². The smallest absolute Gasteiger partial charge is 0.320 e. The number of urea groups is 1. The number of methoxy groups -OCH3 is 1. The number of anilines is 1. The Hall–Kier alpha value is -3.84. The zero-order valence-electron chi connectivity index (χ0n) is 16.6. The molecule has 0 saturated heterocycles. The van der Waals surface area contributed by atoms with Gasteiger partial charge in [0.15, 0.2) is 0 Å². The summed E-state index contributed by atoms with van der Waals surface area (Å²) in [5, 5.41) is 14.4. The minimum absolute atomic E-state index is 0.262. The van der Waals surface area contributed by atoms with Gasteiger partial charge in [-0.3, -0.25) is 0 Å². The largest absolute Gasteiger partial charge is 0.495 e. The Balaban J connectivity index is 1.60. The predicted octanol–water partition coefficient (Wildman–Crippen LogP) is 5.31. The predicted molar refractivity (Wildman–Crippen MR) is 118 cm³/mol. The summed E-state index contributed by atoms with van der Waals surface area (Å²) in [6.07, 6.45) is 0. The van der Waals surface area contributed by atoms with Crippen molar-refractivity contribution in [3.05, 3.63) is 95.3 Å². The lowest BCUT2D eigenvalue weighted by Gasteiger charge is -2.17. The number of nitrogens with zero attached hydrogens (tertiary/aromatic N) is 2. The van der Waals surface area contributed by atoms with Crippen molar-refractivity contribution in [2.45, 2.75) is 6.04 Å². The fraction of sp³-hybridized carbons (Fsp3) is 0.0870. The van der Waals surface area contributed by atoms with E-state index in [1.807, 2.05) is 60.7 Å². The lowest BCUT2D eigenvalue weighted by Crippen LogP contribution is -2.33. The molecule has 0 unspecified atom stereocenters. The molecule has 1 atom stereocenters. The Labute approximate surface area is 184 Å². The summed E-state index contributed by atoms with van der Waals surface area (Å²) in [5.74, 6) is 1.12. The first kappa shape index (κ1) is 20.4. The first-order valence-corrected chi connectivity index (χ1v) is 9.86. The second-order valence-corrected chi connectivity index (χ2v) is 7.03. The molecule has 31 heavy (non-hydrogen) atoms.